The van der Waals surface area contributed by atoms with E-state index in [0.717, 1.165) is 0 Å². The van der Waals surface area contributed by atoms with E-state index in [4.69, 9.17) is 9.26 Å². The van der Waals surface area contributed by atoms with Crippen molar-refractivity contribution in [3.8, 4) is 11.4 Å². The molecule has 4 rings (SSSR count). The van der Waals surface area contributed by atoms with E-state index in [-0.39, 0.29) is 23.6 Å². The maximum Gasteiger partial charge on any atom is 0.322 e. The highest BCUT2D eigenvalue weighted by atomic mass is 19.1. The molecule has 0 fully saturated rings. The van der Waals surface area contributed by atoms with Crippen LogP contribution in [0.25, 0.3) is 17.0 Å². The van der Waals surface area contributed by atoms with Gasteiger partial charge in [0.15, 0.2) is 0 Å². The summed E-state index contributed by atoms with van der Waals surface area (Å²) in [4.78, 5) is 18.9. The average Bonchev–Trinajstić information content (AvgIpc) is 3.26. The van der Waals surface area contributed by atoms with Gasteiger partial charge in [-0.25, -0.2) is 13.6 Å². The van der Waals surface area contributed by atoms with Crippen molar-refractivity contribution in [1.82, 2.24) is 20.4 Å². The summed E-state index contributed by atoms with van der Waals surface area (Å²) in [5.41, 5.74) is 2.52. The summed E-state index contributed by atoms with van der Waals surface area (Å²) in [6.07, 6.45) is 0.639. The lowest BCUT2D eigenvalue weighted by Gasteiger charge is -2.35. The van der Waals surface area contributed by atoms with Gasteiger partial charge in [-0.2, -0.15) is 4.98 Å². The normalized spacial score (nSPS) is 16.4. The van der Waals surface area contributed by atoms with Crippen molar-refractivity contribution < 1.29 is 22.8 Å². The first-order chi connectivity index (χ1) is 15.5. The number of rotatable bonds is 7. The third kappa shape index (κ3) is 4.38. The van der Waals surface area contributed by atoms with Crippen molar-refractivity contribution in [1.29, 1.82) is 0 Å². The maximum atomic E-state index is 13.5. The molecule has 166 valence electrons. The molecule has 1 aromatic heterocycles. The number of hydrogen-bond donors (Lipinski definition) is 1. The van der Waals surface area contributed by atoms with Crippen LogP contribution in [0.1, 0.15) is 30.8 Å². The molecule has 7 nitrogen and oxygen atoms in total. The number of nitrogens with zero attached hydrogens (tertiary/aromatic N) is 3. The fourth-order valence-corrected chi connectivity index (χ4v) is 3.65. The first-order valence-electron chi connectivity index (χ1n) is 10.1. The molecular weight excluding hydrogens is 418 g/mol. The lowest BCUT2D eigenvalue weighted by atomic mass is 9.94. The van der Waals surface area contributed by atoms with Crippen LogP contribution < -0.4 is 5.32 Å². The van der Waals surface area contributed by atoms with Crippen molar-refractivity contribution in [2.75, 3.05) is 20.3 Å². The topological polar surface area (TPSA) is 80.5 Å². The number of aromatic nitrogens is 2. The standard InChI is InChI=1S/C23H22F2N4O3/c1-14-19(22-27-21(28-32-22)16-6-10-18(25)11-7-16)20(15-4-8-17(24)9-5-15)26-23(30)29(14)12-3-13-31-2/h4-11,20H,3,12-13H2,1-2H3,(H,26,30). The first kappa shape index (κ1) is 21.6. The Hall–Kier alpha value is -3.59. The molecule has 0 spiro atoms. The third-order valence-corrected chi connectivity index (χ3v) is 5.29. The third-order valence-electron chi connectivity index (χ3n) is 5.29. The van der Waals surface area contributed by atoms with Gasteiger partial charge >= 0.3 is 6.03 Å². The SMILES string of the molecule is COCCCN1C(=O)NC(c2ccc(F)cc2)C(c2nc(-c3ccc(F)cc3)no2)=C1C. The van der Waals surface area contributed by atoms with E-state index in [1.165, 1.54) is 24.3 Å². The molecule has 1 aliphatic rings. The molecule has 32 heavy (non-hydrogen) atoms. The van der Waals surface area contributed by atoms with Crippen LogP contribution in [-0.4, -0.2) is 41.3 Å². The zero-order valence-electron chi connectivity index (χ0n) is 17.6. The van der Waals surface area contributed by atoms with Crippen LogP contribution in [0.4, 0.5) is 13.6 Å². The summed E-state index contributed by atoms with van der Waals surface area (Å²) in [5, 5.41) is 6.99. The molecule has 1 unspecified atom stereocenters. The highest BCUT2D eigenvalue weighted by molar-refractivity contribution is 5.86. The van der Waals surface area contributed by atoms with Gasteiger partial charge in [0.2, 0.25) is 5.82 Å². The molecule has 0 radical (unpaired) electrons. The summed E-state index contributed by atoms with van der Waals surface area (Å²) >= 11 is 0. The van der Waals surface area contributed by atoms with Crippen LogP contribution in [0.5, 0.6) is 0 Å². The van der Waals surface area contributed by atoms with E-state index in [1.54, 1.807) is 43.2 Å². The van der Waals surface area contributed by atoms with E-state index in [9.17, 15) is 13.6 Å². The Balaban J connectivity index is 1.76. The summed E-state index contributed by atoms with van der Waals surface area (Å²) in [7, 11) is 1.60. The Bertz CT molecular complexity index is 1130. The number of hydrogen-bond acceptors (Lipinski definition) is 5. The van der Waals surface area contributed by atoms with Crippen LogP contribution in [0.2, 0.25) is 0 Å². The van der Waals surface area contributed by atoms with Crippen molar-refractivity contribution >= 4 is 11.6 Å². The minimum Gasteiger partial charge on any atom is -0.385 e. The second-order valence-electron chi connectivity index (χ2n) is 7.36. The minimum atomic E-state index is -0.608. The lowest BCUT2D eigenvalue weighted by molar-refractivity contribution is 0.174. The van der Waals surface area contributed by atoms with E-state index >= 15 is 0 Å². The number of carbonyl (C=O) groups excluding carboxylic acids is 1. The quantitative estimate of drug-likeness (QED) is 0.546. The number of amides is 2. The molecule has 1 N–H and O–H groups in total. The van der Waals surface area contributed by atoms with Gasteiger partial charge in [-0.1, -0.05) is 17.3 Å². The number of methoxy groups -OCH3 is 1. The highest BCUT2D eigenvalue weighted by Crippen LogP contribution is 2.37. The second-order valence-corrected chi connectivity index (χ2v) is 7.36. The molecule has 2 aromatic carbocycles. The number of ether oxygens (including phenoxy) is 1. The predicted molar refractivity (Wildman–Crippen MR) is 113 cm³/mol. The molecule has 0 bridgehead atoms. The molecule has 1 atom stereocenters. The summed E-state index contributed by atoms with van der Waals surface area (Å²) in [6.45, 7) is 2.74. The number of urea groups is 1. The Morgan fingerprint density at radius 3 is 2.41 bits per heavy atom. The van der Waals surface area contributed by atoms with Crippen LogP contribution >= 0.6 is 0 Å². The molecule has 9 heteroatoms. The van der Waals surface area contributed by atoms with Gasteiger partial charge in [0.1, 0.15) is 11.6 Å². The monoisotopic (exact) mass is 440 g/mol. The molecule has 2 heterocycles. The van der Waals surface area contributed by atoms with E-state index in [1.807, 2.05) is 0 Å². The smallest absolute Gasteiger partial charge is 0.322 e. The van der Waals surface area contributed by atoms with Crippen molar-refractivity contribution in [3.63, 3.8) is 0 Å². The second kappa shape index (κ2) is 9.27. The van der Waals surface area contributed by atoms with Crippen molar-refractivity contribution in [3.05, 3.63) is 77.3 Å². The van der Waals surface area contributed by atoms with Gasteiger partial charge in [-0.15, -0.1) is 0 Å². The minimum absolute atomic E-state index is 0.216. The highest BCUT2D eigenvalue weighted by Gasteiger charge is 2.35. The number of nitrogens with one attached hydrogen (secondary N) is 1. The van der Waals surface area contributed by atoms with Gasteiger partial charge in [-0.3, -0.25) is 4.90 Å². The number of carbonyl (C=O) groups is 1. The zero-order chi connectivity index (χ0) is 22.7. The van der Waals surface area contributed by atoms with E-state index < -0.39 is 6.04 Å². The maximum absolute atomic E-state index is 13.5. The fraction of sp³-hybridized carbons (Fsp3) is 0.261. The Labute approximate surface area is 183 Å². The summed E-state index contributed by atoms with van der Waals surface area (Å²) < 4.78 is 37.4. The number of halogens is 2. The van der Waals surface area contributed by atoms with Gasteiger partial charge in [0.05, 0.1) is 11.6 Å². The molecular formula is C23H22F2N4O3. The number of benzene rings is 2. The first-order valence-corrected chi connectivity index (χ1v) is 10.1. The molecule has 0 saturated heterocycles. The van der Waals surface area contributed by atoms with Crippen molar-refractivity contribution in [2.24, 2.45) is 0 Å². The number of allylic oxidation sites excluding steroid dienone is 1. The lowest BCUT2D eigenvalue weighted by Crippen LogP contribution is -2.46. The molecule has 3 aromatic rings. The average molecular weight is 440 g/mol. The predicted octanol–water partition coefficient (Wildman–Crippen LogP) is 4.55. The fourth-order valence-electron chi connectivity index (χ4n) is 3.65. The molecule has 1 aliphatic heterocycles. The molecule has 2 amide bonds. The van der Waals surface area contributed by atoms with Crippen molar-refractivity contribution in [2.45, 2.75) is 19.4 Å². The van der Waals surface area contributed by atoms with Crippen LogP contribution in [0.15, 0.2) is 58.8 Å². The van der Waals surface area contributed by atoms with Gasteiger partial charge in [0, 0.05) is 31.5 Å². The largest absolute Gasteiger partial charge is 0.385 e. The molecule has 0 aliphatic carbocycles. The van der Waals surface area contributed by atoms with Gasteiger partial charge in [-0.05, 0) is 55.3 Å². The van der Waals surface area contributed by atoms with E-state index in [0.29, 0.717) is 47.8 Å². The van der Waals surface area contributed by atoms with Crippen LogP contribution in [-0.2, 0) is 4.74 Å². The Morgan fingerprint density at radius 1 is 1.09 bits per heavy atom. The van der Waals surface area contributed by atoms with Gasteiger partial charge in [0.25, 0.3) is 5.89 Å². The Morgan fingerprint density at radius 2 is 1.75 bits per heavy atom. The zero-order valence-corrected chi connectivity index (χ0v) is 17.6. The molecule has 0 saturated carbocycles. The van der Waals surface area contributed by atoms with E-state index in [2.05, 4.69) is 15.5 Å². The Kier molecular flexibility index (Phi) is 6.27. The summed E-state index contributed by atoms with van der Waals surface area (Å²) in [6, 6.07) is 10.7. The van der Waals surface area contributed by atoms with Gasteiger partial charge < -0.3 is 14.6 Å². The van der Waals surface area contributed by atoms with Crippen LogP contribution in [0, 0.1) is 11.6 Å². The van der Waals surface area contributed by atoms with Crippen LogP contribution in [0.3, 0.4) is 0 Å². The summed E-state index contributed by atoms with van der Waals surface area (Å²) in [5.74, 6) is -0.237.